The summed E-state index contributed by atoms with van der Waals surface area (Å²) in [6, 6.07) is 4.56. The molecule has 2 aromatic heterocycles. The van der Waals surface area contributed by atoms with Crippen LogP contribution in [0.2, 0.25) is 0 Å². The topological polar surface area (TPSA) is 173 Å². The first-order chi connectivity index (χ1) is 18.8. The van der Waals surface area contributed by atoms with Crippen molar-refractivity contribution in [3.05, 3.63) is 40.7 Å². The summed E-state index contributed by atoms with van der Waals surface area (Å²) in [7, 11) is 1.72. The Kier molecular flexibility index (Phi) is 8.90. The fraction of sp³-hybridized carbons (Fsp3) is 0.462. The molecule has 0 saturated carbocycles. The van der Waals surface area contributed by atoms with Crippen molar-refractivity contribution in [1.82, 2.24) is 14.9 Å². The first-order valence-electron chi connectivity index (χ1n) is 12.6. The lowest BCUT2D eigenvalue weighted by Crippen LogP contribution is -2.40. The Hall–Kier alpha value is -4.28. The molecule has 0 bridgehead atoms. The predicted molar refractivity (Wildman–Crippen MR) is 140 cm³/mol. The maximum Gasteiger partial charge on any atom is 0.410 e. The number of rotatable bonds is 5. The molecular weight excluding hydrogens is 506 g/mol. The van der Waals surface area contributed by atoms with E-state index < -0.39 is 12.1 Å². The maximum atomic E-state index is 12.9. The van der Waals surface area contributed by atoms with E-state index in [1.807, 2.05) is 19.1 Å². The van der Waals surface area contributed by atoms with Crippen LogP contribution in [-0.2, 0) is 27.2 Å². The van der Waals surface area contributed by atoms with Gasteiger partial charge >= 0.3 is 12.1 Å². The molecule has 2 atom stereocenters. The second-order valence-electron chi connectivity index (χ2n) is 9.36. The zero-order valence-electron chi connectivity index (χ0n) is 21.9. The standard InChI is InChI=1S/C21H21N7O4.C5H10O2/c1-12-11-32-21(31)28(12)9-14-5-13-3-2-4-27(19(13)25-17(14)10-29)20(30)26-18-6-16(23)15(7-22)8-24-18;1-6-5-2-3-7-4-5/h5-6,8,10,12H,2-4,9,11H2,1H3,(H3,23,24,26,30);5H,2-4H2,1H3. The van der Waals surface area contributed by atoms with Crippen molar-refractivity contribution in [3.63, 3.8) is 0 Å². The van der Waals surface area contributed by atoms with Crippen LogP contribution in [0, 0.1) is 11.3 Å². The van der Waals surface area contributed by atoms with Gasteiger partial charge in [0, 0.05) is 38.1 Å². The lowest BCUT2D eigenvalue weighted by atomic mass is 10.0. The van der Waals surface area contributed by atoms with Gasteiger partial charge in [0.1, 0.15) is 30.0 Å². The number of aryl methyl sites for hydroxylation is 1. The summed E-state index contributed by atoms with van der Waals surface area (Å²) in [6.45, 7) is 4.44. The van der Waals surface area contributed by atoms with Gasteiger partial charge in [-0.1, -0.05) is 0 Å². The second kappa shape index (κ2) is 12.5. The maximum absolute atomic E-state index is 12.9. The van der Waals surface area contributed by atoms with Crippen molar-refractivity contribution in [2.75, 3.05) is 49.4 Å². The number of fused-ring (bicyclic) bond motifs is 1. The van der Waals surface area contributed by atoms with Gasteiger partial charge in [-0.15, -0.1) is 0 Å². The van der Waals surface area contributed by atoms with Crippen molar-refractivity contribution < 1.29 is 28.6 Å². The highest BCUT2D eigenvalue weighted by Gasteiger charge is 2.32. The highest BCUT2D eigenvalue weighted by Crippen LogP contribution is 2.29. The number of urea groups is 1. The van der Waals surface area contributed by atoms with Gasteiger partial charge in [0.05, 0.1) is 36.5 Å². The summed E-state index contributed by atoms with van der Waals surface area (Å²) in [4.78, 5) is 48.1. The van der Waals surface area contributed by atoms with Gasteiger partial charge in [0.25, 0.3) is 0 Å². The number of nitrogens with two attached hydrogens (primary N) is 1. The number of aromatic nitrogens is 2. The third-order valence-corrected chi connectivity index (χ3v) is 6.70. The first-order valence-corrected chi connectivity index (χ1v) is 12.6. The monoisotopic (exact) mass is 537 g/mol. The molecule has 0 radical (unpaired) electrons. The molecule has 2 unspecified atom stereocenters. The van der Waals surface area contributed by atoms with Crippen LogP contribution in [0.1, 0.15) is 46.9 Å². The quantitative estimate of drug-likeness (QED) is 0.539. The molecule has 2 fully saturated rings. The number of methoxy groups -OCH3 is 1. The highest BCUT2D eigenvalue weighted by molar-refractivity contribution is 6.01. The number of nitrogen functional groups attached to an aromatic ring is 1. The molecule has 0 aromatic carbocycles. The number of nitrogens with zero attached hydrogens (tertiary/aromatic N) is 5. The summed E-state index contributed by atoms with van der Waals surface area (Å²) in [5, 5.41) is 11.6. The molecule has 3 amide bonds. The van der Waals surface area contributed by atoms with Crippen molar-refractivity contribution >= 4 is 35.7 Å². The van der Waals surface area contributed by atoms with E-state index in [1.165, 1.54) is 17.2 Å². The van der Waals surface area contributed by atoms with E-state index in [1.54, 1.807) is 12.0 Å². The van der Waals surface area contributed by atoms with E-state index in [0.717, 1.165) is 25.2 Å². The lowest BCUT2D eigenvalue weighted by molar-refractivity contribution is 0.0822. The van der Waals surface area contributed by atoms with Gasteiger partial charge in [-0.25, -0.2) is 19.6 Å². The molecule has 3 aliphatic heterocycles. The number of nitrogens with one attached hydrogen (secondary N) is 1. The van der Waals surface area contributed by atoms with Gasteiger partial charge in [0.2, 0.25) is 0 Å². The molecule has 3 aliphatic rings. The Bertz CT molecular complexity index is 1270. The average molecular weight is 538 g/mol. The fourth-order valence-corrected chi connectivity index (χ4v) is 4.44. The van der Waals surface area contributed by atoms with Gasteiger partial charge in [-0.05, 0) is 37.8 Å². The van der Waals surface area contributed by atoms with Gasteiger partial charge in [-0.2, -0.15) is 5.26 Å². The van der Waals surface area contributed by atoms with Crippen LogP contribution in [-0.4, -0.2) is 78.9 Å². The van der Waals surface area contributed by atoms with Crippen LogP contribution >= 0.6 is 0 Å². The molecule has 5 rings (SSSR count). The number of amides is 3. The van der Waals surface area contributed by atoms with Crippen LogP contribution in [0.25, 0.3) is 0 Å². The summed E-state index contributed by atoms with van der Waals surface area (Å²) in [6.07, 6.45) is 4.30. The van der Waals surface area contributed by atoms with Crippen LogP contribution in [0.3, 0.4) is 0 Å². The number of cyclic esters (lactones) is 1. The number of ether oxygens (including phenoxy) is 3. The van der Waals surface area contributed by atoms with Crippen molar-refractivity contribution in [2.24, 2.45) is 0 Å². The molecule has 2 saturated heterocycles. The van der Waals surface area contributed by atoms with Crippen LogP contribution in [0.5, 0.6) is 0 Å². The molecule has 5 heterocycles. The SMILES string of the molecule is CC1COC(=O)N1Cc1cc2c(nc1C=O)N(C(=O)Nc1cc(N)c(C#N)cn1)CCC2.COC1CCOC1. The molecule has 0 spiro atoms. The van der Waals surface area contributed by atoms with Crippen LogP contribution in [0.4, 0.5) is 26.9 Å². The molecule has 206 valence electrons. The normalized spacial score (nSPS) is 19.9. The number of hydrogen-bond donors (Lipinski definition) is 2. The highest BCUT2D eigenvalue weighted by atomic mass is 16.6. The minimum Gasteiger partial charge on any atom is -0.447 e. The van der Waals surface area contributed by atoms with E-state index in [9.17, 15) is 14.4 Å². The molecule has 2 aromatic rings. The predicted octanol–water partition coefficient (Wildman–Crippen LogP) is 2.49. The zero-order valence-corrected chi connectivity index (χ0v) is 21.9. The van der Waals surface area contributed by atoms with E-state index >= 15 is 0 Å². The Morgan fingerprint density at radius 1 is 1.38 bits per heavy atom. The Morgan fingerprint density at radius 3 is 2.79 bits per heavy atom. The second-order valence-corrected chi connectivity index (χ2v) is 9.36. The number of anilines is 3. The number of pyridine rings is 2. The molecule has 0 aliphatic carbocycles. The summed E-state index contributed by atoms with van der Waals surface area (Å²) in [5.41, 5.74) is 7.78. The number of carbonyl (C=O) groups excluding carboxylic acids is 3. The minimum atomic E-state index is -0.476. The molecule has 3 N–H and O–H groups in total. The zero-order chi connectivity index (χ0) is 27.9. The van der Waals surface area contributed by atoms with Gasteiger partial charge < -0.3 is 19.9 Å². The molecular formula is C26H31N7O6. The summed E-state index contributed by atoms with van der Waals surface area (Å²) < 4.78 is 15.1. The summed E-state index contributed by atoms with van der Waals surface area (Å²) >= 11 is 0. The Labute approximate surface area is 225 Å². The van der Waals surface area contributed by atoms with Crippen molar-refractivity contribution in [3.8, 4) is 6.07 Å². The van der Waals surface area contributed by atoms with Crippen molar-refractivity contribution in [2.45, 2.75) is 44.9 Å². The molecule has 13 heteroatoms. The Morgan fingerprint density at radius 2 is 2.21 bits per heavy atom. The van der Waals surface area contributed by atoms with Crippen molar-refractivity contribution in [1.29, 1.82) is 5.26 Å². The number of carbonyl (C=O) groups is 3. The Balaban J connectivity index is 0.000000438. The van der Waals surface area contributed by atoms with Gasteiger partial charge in [0.15, 0.2) is 6.29 Å². The average Bonchev–Trinajstić information content (AvgIpc) is 3.58. The third-order valence-electron chi connectivity index (χ3n) is 6.70. The fourth-order valence-electron chi connectivity index (χ4n) is 4.44. The molecule has 39 heavy (non-hydrogen) atoms. The van der Waals surface area contributed by atoms with E-state index in [2.05, 4.69) is 15.3 Å². The van der Waals surface area contributed by atoms with E-state index in [0.29, 0.717) is 49.8 Å². The molecule has 13 nitrogen and oxygen atoms in total. The van der Waals surface area contributed by atoms with Gasteiger partial charge in [-0.3, -0.25) is 19.9 Å². The number of nitriles is 1. The number of aldehydes is 1. The first kappa shape index (κ1) is 27.7. The summed E-state index contributed by atoms with van der Waals surface area (Å²) in [5.74, 6) is 0.589. The van der Waals surface area contributed by atoms with Crippen LogP contribution < -0.4 is 16.0 Å². The largest absolute Gasteiger partial charge is 0.447 e. The third kappa shape index (κ3) is 6.42. The smallest absolute Gasteiger partial charge is 0.410 e. The van der Waals surface area contributed by atoms with E-state index in [4.69, 9.17) is 25.2 Å². The van der Waals surface area contributed by atoms with E-state index in [-0.39, 0.29) is 35.3 Å². The van der Waals surface area contributed by atoms with Crippen LogP contribution in [0.15, 0.2) is 18.3 Å². The lowest BCUT2D eigenvalue weighted by Gasteiger charge is -2.29. The number of hydrogen-bond acceptors (Lipinski definition) is 10. The minimum absolute atomic E-state index is 0.104.